The van der Waals surface area contributed by atoms with Crippen molar-refractivity contribution < 1.29 is 18.1 Å². The fraction of sp³-hybridized carbons (Fsp3) is 0.316. The number of amides is 1. The number of carbonyl (C=O) groups excluding carboxylic acids is 1. The van der Waals surface area contributed by atoms with Crippen LogP contribution in [0, 0.1) is 17.0 Å². The van der Waals surface area contributed by atoms with Gasteiger partial charge in [-0.1, -0.05) is 23.8 Å². The summed E-state index contributed by atoms with van der Waals surface area (Å²) in [5, 5.41) is 10.9. The molecule has 1 saturated heterocycles. The smallest absolute Gasteiger partial charge is 0.270 e. The highest BCUT2D eigenvalue weighted by Gasteiger charge is 2.28. The quantitative estimate of drug-likeness (QED) is 0.576. The number of hydrogen-bond donors (Lipinski definition) is 0. The Kier molecular flexibility index (Phi) is 5.76. The van der Waals surface area contributed by atoms with Crippen molar-refractivity contribution in [3.8, 4) is 0 Å². The minimum atomic E-state index is -3.63. The van der Waals surface area contributed by atoms with Gasteiger partial charge >= 0.3 is 0 Å². The summed E-state index contributed by atoms with van der Waals surface area (Å²) in [7, 11) is -3.63. The lowest BCUT2D eigenvalue weighted by atomic mass is 10.1. The van der Waals surface area contributed by atoms with Gasteiger partial charge in [-0.05, 0) is 31.5 Å². The first kappa shape index (κ1) is 20.0. The third kappa shape index (κ3) is 4.20. The number of hydrogen-bond acceptors (Lipinski definition) is 5. The summed E-state index contributed by atoms with van der Waals surface area (Å²) in [5.41, 5.74) is 1.05. The molecule has 0 aromatic heterocycles. The summed E-state index contributed by atoms with van der Waals surface area (Å²) in [5.74, 6) is -0.335. The van der Waals surface area contributed by atoms with Crippen molar-refractivity contribution in [2.75, 3.05) is 26.2 Å². The van der Waals surface area contributed by atoms with Crippen LogP contribution in [-0.4, -0.2) is 54.6 Å². The first-order valence-electron chi connectivity index (χ1n) is 8.89. The van der Waals surface area contributed by atoms with Gasteiger partial charge in [-0.2, -0.15) is 4.31 Å². The molecular formula is C19H21N3O5S. The number of nitrogens with zero attached hydrogens (tertiary/aromatic N) is 3. The van der Waals surface area contributed by atoms with Gasteiger partial charge in [0.05, 0.1) is 9.82 Å². The number of aryl methyl sites for hydroxylation is 1. The fourth-order valence-corrected chi connectivity index (χ4v) is 4.60. The summed E-state index contributed by atoms with van der Waals surface area (Å²) in [6.07, 6.45) is 0.492. The van der Waals surface area contributed by atoms with Gasteiger partial charge in [0, 0.05) is 43.9 Å². The second-order valence-corrected chi connectivity index (χ2v) is 8.61. The van der Waals surface area contributed by atoms with E-state index in [-0.39, 0.29) is 35.1 Å². The van der Waals surface area contributed by atoms with E-state index in [2.05, 4.69) is 0 Å². The van der Waals surface area contributed by atoms with Crippen LogP contribution in [0.5, 0.6) is 0 Å². The Morgan fingerprint density at radius 2 is 1.75 bits per heavy atom. The molecule has 1 fully saturated rings. The van der Waals surface area contributed by atoms with E-state index < -0.39 is 14.9 Å². The lowest BCUT2D eigenvalue weighted by molar-refractivity contribution is -0.384. The number of nitro groups is 1. The van der Waals surface area contributed by atoms with Crippen LogP contribution in [-0.2, 0) is 10.0 Å². The Morgan fingerprint density at radius 3 is 2.43 bits per heavy atom. The zero-order valence-electron chi connectivity index (χ0n) is 15.4. The van der Waals surface area contributed by atoms with Crippen LogP contribution in [0.3, 0.4) is 0 Å². The number of nitro benzene ring substituents is 1. The number of benzene rings is 2. The molecule has 2 aromatic rings. The first-order valence-corrected chi connectivity index (χ1v) is 10.3. The molecule has 0 saturated carbocycles. The molecule has 0 radical (unpaired) electrons. The SMILES string of the molecule is Cc1ccc(S(=O)(=O)N2CCCN(C(=O)c3cccc([N+](=O)[O-])c3)CC2)cc1. The van der Waals surface area contributed by atoms with Crippen molar-refractivity contribution in [1.29, 1.82) is 0 Å². The molecule has 1 heterocycles. The van der Waals surface area contributed by atoms with E-state index in [1.807, 2.05) is 6.92 Å². The average molecular weight is 403 g/mol. The van der Waals surface area contributed by atoms with Gasteiger partial charge < -0.3 is 4.90 Å². The maximum Gasteiger partial charge on any atom is 0.270 e. The second kappa shape index (κ2) is 8.07. The molecule has 28 heavy (non-hydrogen) atoms. The highest BCUT2D eigenvalue weighted by Crippen LogP contribution is 2.20. The molecule has 2 aromatic carbocycles. The van der Waals surface area contributed by atoms with E-state index in [1.54, 1.807) is 29.2 Å². The van der Waals surface area contributed by atoms with Crippen molar-refractivity contribution in [2.24, 2.45) is 0 Å². The van der Waals surface area contributed by atoms with Crippen LogP contribution in [0.1, 0.15) is 22.3 Å². The third-order valence-corrected chi connectivity index (χ3v) is 6.62. The molecule has 148 valence electrons. The largest absolute Gasteiger partial charge is 0.337 e. The normalized spacial score (nSPS) is 15.8. The molecule has 0 aliphatic carbocycles. The number of carbonyl (C=O) groups is 1. The number of rotatable bonds is 4. The molecule has 0 spiro atoms. The third-order valence-electron chi connectivity index (χ3n) is 4.70. The van der Waals surface area contributed by atoms with Gasteiger partial charge in [0.25, 0.3) is 11.6 Å². The number of sulfonamides is 1. The zero-order valence-corrected chi connectivity index (χ0v) is 16.3. The summed E-state index contributed by atoms with van der Waals surface area (Å²) < 4.78 is 27.1. The Hall–Kier alpha value is -2.78. The Morgan fingerprint density at radius 1 is 1.04 bits per heavy atom. The van der Waals surface area contributed by atoms with E-state index in [0.29, 0.717) is 19.5 Å². The molecule has 1 aliphatic heterocycles. The maximum atomic E-state index is 12.9. The van der Waals surface area contributed by atoms with Crippen molar-refractivity contribution in [1.82, 2.24) is 9.21 Å². The average Bonchev–Trinajstić information content (AvgIpc) is 2.94. The fourth-order valence-electron chi connectivity index (χ4n) is 3.13. The van der Waals surface area contributed by atoms with Gasteiger partial charge in [-0.15, -0.1) is 0 Å². The van der Waals surface area contributed by atoms with Crippen LogP contribution in [0.2, 0.25) is 0 Å². The van der Waals surface area contributed by atoms with Gasteiger partial charge in [0.2, 0.25) is 10.0 Å². The minimum absolute atomic E-state index is 0.149. The van der Waals surface area contributed by atoms with E-state index in [9.17, 15) is 23.3 Å². The molecule has 0 bridgehead atoms. The van der Waals surface area contributed by atoms with Gasteiger partial charge in [-0.25, -0.2) is 8.42 Å². The molecule has 9 heteroatoms. The minimum Gasteiger partial charge on any atom is -0.337 e. The molecular weight excluding hydrogens is 382 g/mol. The number of non-ortho nitro benzene ring substituents is 1. The standard InChI is InChI=1S/C19H21N3O5S/c1-15-6-8-18(9-7-15)28(26,27)21-11-3-10-20(12-13-21)19(23)16-4-2-5-17(14-16)22(24)25/h2,4-9,14H,3,10-13H2,1H3. The maximum absolute atomic E-state index is 12.9. The molecule has 0 atom stereocenters. The van der Waals surface area contributed by atoms with Crippen LogP contribution < -0.4 is 0 Å². The van der Waals surface area contributed by atoms with Crippen molar-refractivity contribution in [3.63, 3.8) is 0 Å². The molecule has 0 unspecified atom stereocenters. The van der Waals surface area contributed by atoms with Gasteiger partial charge in [0.1, 0.15) is 0 Å². The lowest BCUT2D eigenvalue weighted by Crippen LogP contribution is -2.37. The predicted molar refractivity (Wildman–Crippen MR) is 104 cm³/mol. The first-order chi connectivity index (χ1) is 13.3. The molecule has 0 N–H and O–H groups in total. The van der Waals surface area contributed by atoms with Crippen LogP contribution in [0.25, 0.3) is 0 Å². The van der Waals surface area contributed by atoms with Crippen molar-refractivity contribution >= 4 is 21.6 Å². The highest BCUT2D eigenvalue weighted by molar-refractivity contribution is 7.89. The van der Waals surface area contributed by atoms with Gasteiger partial charge in [0.15, 0.2) is 0 Å². The van der Waals surface area contributed by atoms with Crippen LogP contribution in [0.15, 0.2) is 53.4 Å². The monoisotopic (exact) mass is 403 g/mol. The van der Waals surface area contributed by atoms with Crippen LogP contribution in [0.4, 0.5) is 5.69 Å². The summed E-state index contributed by atoms with van der Waals surface area (Å²) in [4.78, 5) is 24.9. The lowest BCUT2D eigenvalue weighted by Gasteiger charge is -2.22. The topological polar surface area (TPSA) is 101 Å². The van der Waals surface area contributed by atoms with Gasteiger partial charge in [-0.3, -0.25) is 14.9 Å². The Labute approximate surface area is 163 Å². The van der Waals surface area contributed by atoms with E-state index >= 15 is 0 Å². The van der Waals surface area contributed by atoms with E-state index in [1.165, 1.54) is 28.6 Å². The molecule has 1 aliphatic rings. The van der Waals surface area contributed by atoms with E-state index in [0.717, 1.165) is 5.56 Å². The summed E-state index contributed by atoms with van der Waals surface area (Å²) in [6.45, 7) is 3.00. The van der Waals surface area contributed by atoms with Crippen molar-refractivity contribution in [3.05, 3.63) is 69.8 Å². The zero-order chi connectivity index (χ0) is 20.3. The Balaban J connectivity index is 1.74. The molecule has 1 amide bonds. The molecule has 8 nitrogen and oxygen atoms in total. The second-order valence-electron chi connectivity index (χ2n) is 6.67. The van der Waals surface area contributed by atoms with Crippen molar-refractivity contribution in [2.45, 2.75) is 18.2 Å². The summed E-state index contributed by atoms with van der Waals surface area (Å²) >= 11 is 0. The highest BCUT2D eigenvalue weighted by atomic mass is 32.2. The van der Waals surface area contributed by atoms with Crippen LogP contribution >= 0.6 is 0 Å². The Bertz CT molecular complexity index is 989. The van der Waals surface area contributed by atoms with E-state index in [4.69, 9.17) is 0 Å². The predicted octanol–water partition coefficient (Wildman–Crippen LogP) is 2.44. The summed E-state index contributed by atoms with van der Waals surface area (Å²) in [6, 6.07) is 12.2. The molecule has 3 rings (SSSR count).